The summed E-state index contributed by atoms with van der Waals surface area (Å²) in [4.78, 5) is 27.8. The van der Waals surface area contributed by atoms with Crippen LogP contribution in [-0.4, -0.2) is 20.9 Å². The zero-order valence-electron chi connectivity index (χ0n) is 20.1. The fourth-order valence-corrected chi connectivity index (χ4v) is 4.38. The molecule has 11 heteroatoms. The second kappa shape index (κ2) is 10.1. The first-order valence-electron chi connectivity index (χ1n) is 11.3. The zero-order chi connectivity index (χ0) is 27.0. The number of oxazole rings is 1. The van der Waals surface area contributed by atoms with E-state index in [9.17, 15) is 14.9 Å². The molecule has 38 heavy (non-hydrogen) atoms. The van der Waals surface area contributed by atoms with Crippen molar-refractivity contribution in [1.29, 1.82) is 0 Å². The Hall–Kier alpha value is -4.54. The molecule has 0 saturated carbocycles. The highest BCUT2D eigenvalue weighted by Crippen LogP contribution is 2.33. The van der Waals surface area contributed by atoms with Gasteiger partial charge in [0.2, 0.25) is 5.89 Å². The van der Waals surface area contributed by atoms with E-state index < -0.39 is 10.8 Å². The molecule has 5 rings (SSSR count). The van der Waals surface area contributed by atoms with Crippen molar-refractivity contribution in [1.82, 2.24) is 10.3 Å². The number of hydrogen-bond acceptors (Lipinski definition) is 7. The molecule has 0 aliphatic rings. The van der Waals surface area contributed by atoms with Crippen LogP contribution in [0.1, 0.15) is 21.7 Å². The first-order valence-corrected chi connectivity index (χ1v) is 12.1. The number of anilines is 1. The molecule has 0 aliphatic heterocycles. The number of amides is 1. The Morgan fingerprint density at radius 1 is 1.05 bits per heavy atom. The van der Waals surface area contributed by atoms with Gasteiger partial charge in [0.1, 0.15) is 11.3 Å². The van der Waals surface area contributed by atoms with E-state index in [1.54, 1.807) is 30.3 Å². The number of carbonyl (C=O) groups excluding carboxylic acids is 1. The summed E-state index contributed by atoms with van der Waals surface area (Å²) in [5.74, 6) is 0.0770. The molecule has 9 nitrogen and oxygen atoms in total. The number of furan rings is 1. The molecule has 190 valence electrons. The Morgan fingerprint density at radius 3 is 2.66 bits per heavy atom. The molecule has 2 aromatic heterocycles. The molecule has 0 saturated heterocycles. The van der Waals surface area contributed by atoms with Gasteiger partial charge in [0.25, 0.3) is 11.6 Å². The van der Waals surface area contributed by atoms with Crippen LogP contribution in [0.2, 0.25) is 5.02 Å². The van der Waals surface area contributed by atoms with Crippen LogP contribution in [0.4, 0.5) is 11.4 Å². The number of carbonyl (C=O) groups is 1. The maximum atomic E-state index is 12.7. The Labute approximate surface area is 226 Å². The molecule has 2 N–H and O–H groups in total. The van der Waals surface area contributed by atoms with Gasteiger partial charge in [-0.25, -0.2) is 4.98 Å². The number of nitro groups is 1. The number of hydrogen-bond donors (Lipinski definition) is 2. The Kier molecular flexibility index (Phi) is 6.66. The van der Waals surface area contributed by atoms with E-state index in [0.29, 0.717) is 39.1 Å². The number of nitro benzene ring substituents is 1. The first-order chi connectivity index (χ1) is 18.2. The molecule has 0 aliphatic carbocycles. The predicted molar refractivity (Wildman–Crippen MR) is 148 cm³/mol. The largest absolute Gasteiger partial charge is 0.451 e. The lowest BCUT2D eigenvalue weighted by Gasteiger charge is -2.10. The molecule has 0 unspecified atom stereocenters. The van der Waals surface area contributed by atoms with Crippen LogP contribution in [0.25, 0.3) is 33.9 Å². The lowest BCUT2D eigenvalue weighted by Crippen LogP contribution is -2.33. The van der Waals surface area contributed by atoms with Crippen LogP contribution in [0, 0.1) is 24.0 Å². The van der Waals surface area contributed by atoms with E-state index >= 15 is 0 Å². The van der Waals surface area contributed by atoms with Crippen LogP contribution < -0.4 is 10.6 Å². The van der Waals surface area contributed by atoms with Crippen molar-refractivity contribution in [2.24, 2.45) is 0 Å². The van der Waals surface area contributed by atoms with Crippen molar-refractivity contribution < 1.29 is 18.6 Å². The molecule has 5 aromatic rings. The van der Waals surface area contributed by atoms with Crippen molar-refractivity contribution in [3.05, 3.63) is 98.8 Å². The summed E-state index contributed by atoms with van der Waals surface area (Å²) in [6.07, 6.45) is 0. The van der Waals surface area contributed by atoms with Crippen molar-refractivity contribution in [2.75, 3.05) is 5.32 Å². The smallest absolute Gasteiger partial charge is 0.293 e. The normalized spacial score (nSPS) is 10.9. The van der Waals surface area contributed by atoms with Crippen LogP contribution >= 0.6 is 23.8 Å². The minimum Gasteiger partial charge on any atom is -0.451 e. The van der Waals surface area contributed by atoms with Gasteiger partial charge < -0.3 is 14.2 Å². The SMILES string of the molecule is Cc1cc(C)c2oc(-c3cc(NC(=S)NC(=O)c4ccc(-c5cccc([N+](=O)[O-])c5)o4)ccc3Cl)nc2c1. The molecular formula is C27H19ClN4O5S. The van der Waals surface area contributed by atoms with E-state index in [1.165, 1.54) is 24.3 Å². The summed E-state index contributed by atoms with van der Waals surface area (Å²) in [6.45, 7) is 3.95. The number of non-ortho nitro benzene ring substituents is 1. The summed E-state index contributed by atoms with van der Waals surface area (Å²) in [5.41, 5.74) is 4.97. The summed E-state index contributed by atoms with van der Waals surface area (Å²) < 4.78 is 11.6. The number of aryl methyl sites for hydroxylation is 2. The van der Waals surface area contributed by atoms with Gasteiger partial charge in [0.05, 0.1) is 15.5 Å². The number of nitrogens with one attached hydrogen (secondary N) is 2. The number of benzene rings is 3. The average Bonchev–Trinajstić information content (AvgIpc) is 3.53. The standard InChI is InChI=1S/C27H19ClN4O5S/c1-14-10-15(2)24-21(11-14)30-26(37-24)19-13-17(6-7-20(19)28)29-27(38)31-25(33)23-9-8-22(36-23)16-4-3-5-18(12-16)32(34)35/h3-13H,1-2H3,(H2,29,31,33,38). The first kappa shape index (κ1) is 25.1. The van der Waals surface area contributed by atoms with Gasteiger partial charge in [-0.05, 0) is 73.6 Å². The van der Waals surface area contributed by atoms with Crippen molar-refractivity contribution in [3.63, 3.8) is 0 Å². The Balaban J connectivity index is 1.30. The molecular weight excluding hydrogens is 528 g/mol. The van der Waals surface area contributed by atoms with Crippen molar-refractivity contribution in [2.45, 2.75) is 13.8 Å². The topological polar surface area (TPSA) is 123 Å². The summed E-state index contributed by atoms with van der Waals surface area (Å²) in [5, 5.41) is 17.0. The molecule has 0 radical (unpaired) electrons. The summed E-state index contributed by atoms with van der Waals surface area (Å²) >= 11 is 11.7. The number of thiocarbonyl (C=S) groups is 1. The van der Waals surface area contributed by atoms with Crippen molar-refractivity contribution >= 4 is 57.3 Å². The maximum Gasteiger partial charge on any atom is 0.293 e. The van der Waals surface area contributed by atoms with Gasteiger partial charge in [-0.3, -0.25) is 20.2 Å². The third-order valence-electron chi connectivity index (χ3n) is 5.67. The van der Waals surface area contributed by atoms with Gasteiger partial charge in [0.15, 0.2) is 16.5 Å². The van der Waals surface area contributed by atoms with Crippen molar-refractivity contribution in [3.8, 4) is 22.8 Å². The van der Waals surface area contributed by atoms with E-state index in [2.05, 4.69) is 15.6 Å². The highest BCUT2D eigenvalue weighted by Gasteiger charge is 2.17. The number of rotatable bonds is 5. The van der Waals surface area contributed by atoms with E-state index in [1.807, 2.05) is 26.0 Å². The minimum absolute atomic E-state index is 0.00964. The molecule has 2 heterocycles. The predicted octanol–water partition coefficient (Wildman–Crippen LogP) is 7.06. The van der Waals surface area contributed by atoms with E-state index in [4.69, 9.17) is 32.7 Å². The van der Waals surface area contributed by atoms with Gasteiger partial charge >= 0.3 is 0 Å². The summed E-state index contributed by atoms with van der Waals surface area (Å²) in [6, 6.07) is 18.0. The van der Waals surface area contributed by atoms with Gasteiger partial charge in [-0.1, -0.05) is 29.8 Å². The molecule has 0 spiro atoms. The average molecular weight is 547 g/mol. The van der Waals surface area contributed by atoms with Gasteiger partial charge in [0, 0.05) is 23.4 Å². The van der Waals surface area contributed by atoms with Crippen LogP contribution in [-0.2, 0) is 0 Å². The van der Waals surface area contributed by atoms with Crippen LogP contribution in [0.5, 0.6) is 0 Å². The third kappa shape index (κ3) is 5.13. The highest BCUT2D eigenvalue weighted by atomic mass is 35.5. The lowest BCUT2D eigenvalue weighted by atomic mass is 10.1. The van der Waals surface area contributed by atoms with E-state index in [0.717, 1.165) is 16.6 Å². The molecule has 1 amide bonds. The van der Waals surface area contributed by atoms with Crippen LogP contribution in [0.15, 0.2) is 75.6 Å². The molecule has 0 bridgehead atoms. The molecule has 3 aromatic carbocycles. The van der Waals surface area contributed by atoms with Crippen LogP contribution in [0.3, 0.4) is 0 Å². The number of aromatic nitrogens is 1. The quantitative estimate of drug-likeness (QED) is 0.136. The fourth-order valence-electron chi connectivity index (χ4n) is 3.97. The fraction of sp³-hybridized carbons (Fsp3) is 0.0741. The minimum atomic E-state index is -0.585. The zero-order valence-corrected chi connectivity index (χ0v) is 21.6. The van der Waals surface area contributed by atoms with Gasteiger partial charge in [-0.2, -0.15) is 0 Å². The Bertz CT molecular complexity index is 1740. The highest BCUT2D eigenvalue weighted by molar-refractivity contribution is 7.80. The number of halogens is 1. The third-order valence-corrected chi connectivity index (χ3v) is 6.21. The summed E-state index contributed by atoms with van der Waals surface area (Å²) in [7, 11) is 0. The van der Waals surface area contributed by atoms with E-state index in [-0.39, 0.29) is 16.6 Å². The number of nitrogens with zero attached hydrogens (tertiary/aromatic N) is 2. The lowest BCUT2D eigenvalue weighted by molar-refractivity contribution is -0.384. The second-order valence-corrected chi connectivity index (χ2v) is 9.34. The Morgan fingerprint density at radius 2 is 1.87 bits per heavy atom. The monoisotopic (exact) mass is 546 g/mol. The second-order valence-electron chi connectivity index (χ2n) is 8.52. The molecule has 0 fully saturated rings. The maximum absolute atomic E-state index is 12.7. The number of fused-ring (bicyclic) bond motifs is 1. The molecule has 0 atom stereocenters. The van der Waals surface area contributed by atoms with Gasteiger partial charge in [-0.15, -0.1) is 0 Å².